The summed E-state index contributed by atoms with van der Waals surface area (Å²) in [7, 11) is 1.64. The van der Waals surface area contributed by atoms with E-state index in [9.17, 15) is 9.59 Å². The van der Waals surface area contributed by atoms with E-state index in [0.29, 0.717) is 24.4 Å². The largest absolute Gasteiger partial charge is 0.497 e. The Labute approximate surface area is 147 Å². The number of ketones is 1. The maximum atomic E-state index is 12.6. The molecular weight excluding hydrogens is 322 g/mol. The highest BCUT2D eigenvalue weighted by molar-refractivity contribution is 7.12. The third kappa shape index (κ3) is 4.93. The van der Waals surface area contributed by atoms with Crippen molar-refractivity contribution in [3.8, 4) is 5.75 Å². The highest BCUT2D eigenvalue weighted by Gasteiger charge is 2.15. The average Bonchev–Trinajstić information content (AvgIpc) is 3.04. The number of carbonyl (C=O) groups is 2. The van der Waals surface area contributed by atoms with Crippen LogP contribution in [0.4, 0.5) is 0 Å². The number of Topliss-reactive ketones (excluding diaryl/α,β-unsaturated/α-hetero) is 1. The van der Waals surface area contributed by atoms with Crippen molar-refractivity contribution in [1.82, 2.24) is 4.90 Å². The molecule has 1 heterocycles. The van der Waals surface area contributed by atoms with Crippen LogP contribution < -0.4 is 4.74 Å². The zero-order chi connectivity index (χ0) is 17.5. The lowest BCUT2D eigenvalue weighted by Gasteiger charge is -2.22. The Morgan fingerprint density at radius 2 is 1.88 bits per heavy atom. The first-order chi connectivity index (χ1) is 11.5. The van der Waals surface area contributed by atoms with Gasteiger partial charge in [-0.25, -0.2) is 0 Å². The summed E-state index contributed by atoms with van der Waals surface area (Å²) in [6.45, 7) is 4.91. The molecule has 5 heteroatoms. The number of methoxy groups -OCH3 is 1. The lowest BCUT2D eigenvalue weighted by atomic mass is 10.1. The quantitative estimate of drug-likeness (QED) is 0.681. The number of benzene rings is 1. The fourth-order valence-corrected chi connectivity index (χ4v) is 3.27. The molecular formula is C19H23NO3S. The van der Waals surface area contributed by atoms with Gasteiger partial charge in [-0.2, -0.15) is 0 Å². The van der Waals surface area contributed by atoms with E-state index >= 15 is 0 Å². The predicted octanol–water partition coefficient (Wildman–Crippen LogP) is 3.94. The summed E-state index contributed by atoms with van der Waals surface area (Å²) < 4.78 is 5.16. The summed E-state index contributed by atoms with van der Waals surface area (Å²) in [5.41, 5.74) is 1.98. The molecule has 4 nitrogen and oxygen atoms in total. The van der Waals surface area contributed by atoms with Gasteiger partial charge in [-0.05, 0) is 48.1 Å². The number of carbonyl (C=O) groups excluding carboxylic acids is 2. The molecule has 24 heavy (non-hydrogen) atoms. The lowest BCUT2D eigenvalue weighted by molar-refractivity contribution is -0.131. The molecule has 0 fully saturated rings. The van der Waals surface area contributed by atoms with E-state index in [4.69, 9.17) is 4.74 Å². The third-order valence-electron chi connectivity index (χ3n) is 3.73. The van der Waals surface area contributed by atoms with Crippen LogP contribution in [-0.2, 0) is 17.8 Å². The second kappa shape index (κ2) is 8.64. The maximum absolute atomic E-state index is 12.6. The van der Waals surface area contributed by atoms with Crippen molar-refractivity contribution >= 4 is 23.0 Å². The van der Waals surface area contributed by atoms with Gasteiger partial charge in [0.15, 0.2) is 5.78 Å². The molecule has 0 atom stereocenters. The van der Waals surface area contributed by atoms with E-state index in [1.54, 1.807) is 14.0 Å². The van der Waals surface area contributed by atoms with E-state index in [1.165, 1.54) is 11.3 Å². The third-order valence-corrected chi connectivity index (χ3v) is 4.81. The normalized spacial score (nSPS) is 10.5. The first kappa shape index (κ1) is 18.2. The Kier molecular flexibility index (Phi) is 6.55. The molecule has 0 saturated heterocycles. The summed E-state index contributed by atoms with van der Waals surface area (Å²) >= 11 is 1.40. The number of thiophene rings is 1. The number of amides is 1. The van der Waals surface area contributed by atoms with Gasteiger partial charge in [0.1, 0.15) is 5.75 Å². The molecule has 0 aliphatic heterocycles. The van der Waals surface area contributed by atoms with Crippen molar-refractivity contribution in [3.63, 3.8) is 0 Å². The summed E-state index contributed by atoms with van der Waals surface area (Å²) in [5.74, 6) is 0.935. The predicted molar refractivity (Wildman–Crippen MR) is 96.7 cm³/mol. The lowest BCUT2D eigenvalue weighted by Crippen LogP contribution is -2.32. The van der Waals surface area contributed by atoms with Crippen LogP contribution in [0.2, 0.25) is 0 Å². The van der Waals surface area contributed by atoms with Crippen molar-refractivity contribution in [3.05, 3.63) is 51.7 Å². The average molecular weight is 345 g/mol. The molecule has 0 saturated carbocycles. The minimum Gasteiger partial charge on any atom is -0.497 e. The highest BCUT2D eigenvalue weighted by atomic mass is 32.1. The summed E-state index contributed by atoms with van der Waals surface area (Å²) in [6.07, 6.45) is 1.24. The van der Waals surface area contributed by atoms with Gasteiger partial charge in [0, 0.05) is 13.1 Å². The van der Waals surface area contributed by atoms with Crippen LogP contribution in [0.5, 0.6) is 5.75 Å². The number of nitrogens with zero attached hydrogens (tertiary/aromatic N) is 1. The van der Waals surface area contributed by atoms with Gasteiger partial charge in [0.25, 0.3) is 0 Å². The first-order valence-electron chi connectivity index (χ1n) is 8.02. The smallest absolute Gasteiger partial charge is 0.227 e. The van der Waals surface area contributed by atoms with Crippen LogP contribution in [0.15, 0.2) is 35.7 Å². The van der Waals surface area contributed by atoms with Gasteiger partial charge in [-0.1, -0.05) is 19.1 Å². The molecule has 0 aliphatic rings. The molecule has 0 bridgehead atoms. The van der Waals surface area contributed by atoms with Gasteiger partial charge < -0.3 is 9.64 Å². The zero-order valence-corrected chi connectivity index (χ0v) is 15.2. The Bertz CT molecular complexity index is 691. The van der Waals surface area contributed by atoms with Gasteiger partial charge in [0.2, 0.25) is 5.91 Å². The summed E-state index contributed by atoms with van der Waals surface area (Å²) in [5, 5.41) is 1.89. The van der Waals surface area contributed by atoms with E-state index in [0.717, 1.165) is 23.3 Å². The van der Waals surface area contributed by atoms with E-state index < -0.39 is 0 Å². The summed E-state index contributed by atoms with van der Waals surface area (Å²) in [4.78, 5) is 26.6. The van der Waals surface area contributed by atoms with Gasteiger partial charge in [-0.15, -0.1) is 11.3 Å². The van der Waals surface area contributed by atoms with Crippen LogP contribution in [0.25, 0.3) is 0 Å². The number of ether oxygens (including phenoxy) is 1. The number of hydrogen-bond donors (Lipinski definition) is 0. The van der Waals surface area contributed by atoms with E-state index in [-0.39, 0.29) is 11.7 Å². The molecule has 2 rings (SSSR count). The van der Waals surface area contributed by atoms with Crippen molar-refractivity contribution in [2.75, 3.05) is 13.7 Å². The summed E-state index contributed by atoms with van der Waals surface area (Å²) in [6, 6.07) is 9.59. The Balaban J connectivity index is 2.04. The van der Waals surface area contributed by atoms with Crippen LogP contribution in [0.3, 0.4) is 0 Å². The molecule has 1 aromatic heterocycles. The first-order valence-corrected chi connectivity index (χ1v) is 8.90. The Morgan fingerprint density at radius 1 is 1.17 bits per heavy atom. The van der Waals surface area contributed by atoms with Crippen LogP contribution in [0.1, 0.15) is 41.1 Å². The van der Waals surface area contributed by atoms with Crippen molar-refractivity contribution in [1.29, 1.82) is 0 Å². The molecule has 0 N–H and O–H groups in total. The molecule has 128 valence electrons. The van der Waals surface area contributed by atoms with Crippen molar-refractivity contribution < 1.29 is 14.3 Å². The molecule has 0 radical (unpaired) electrons. The van der Waals surface area contributed by atoms with Gasteiger partial charge in [-0.3, -0.25) is 9.59 Å². The van der Waals surface area contributed by atoms with Gasteiger partial charge in [0.05, 0.1) is 18.4 Å². The standard InChI is InChI=1S/C19H23NO3S/c1-4-9-20(12-15-5-7-17(23-3)8-6-15)19(22)11-16-10-18(14(2)21)24-13-16/h5-8,10,13H,4,9,11-12H2,1-3H3. The van der Waals surface area contributed by atoms with Crippen molar-refractivity contribution in [2.45, 2.75) is 33.2 Å². The molecule has 0 unspecified atom stereocenters. The fraction of sp³-hybridized carbons (Fsp3) is 0.368. The van der Waals surface area contributed by atoms with E-state index in [1.807, 2.05) is 40.6 Å². The second-order valence-corrected chi connectivity index (χ2v) is 6.63. The van der Waals surface area contributed by atoms with Crippen LogP contribution in [0, 0.1) is 0 Å². The molecule has 0 spiro atoms. The van der Waals surface area contributed by atoms with E-state index in [2.05, 4.69) is 6.92 Å². The topological polar surface area (TPSA) is 46.6 Å². The Morgan fingerprint density at radius 3 is 2.42 bits per heavy atom. The van der Waals surface area contributed by atoms with Crippen LogP contribution in [-0.4, -0.2) is 30.2 Å². The fourth-order valence-electron chi connectivity index (χ4n) is 2.45. The maximum Gasteiger partial charge on any atom is 0.227 e. The number of hydrogen-bond acceptors (Lipinski definition) is 4. The van der Waals surface area contributed by atoms with Crippen molar-refractivity contribution in [2.24, 2.45) is 0 Å². The number of rotatable bonds is 8. The minimum absolute atomic E-state index is 0.0438. The molecule has 1 amide bonds. The zero-order valence-electron chi connectivity index (χ0n) is 14.4. The van der Waals surface area contributed by atoms with Crippen LogP contribution >= 0.6 is 11.3 Å². The minimum atomic E-state index is 0.0438. The molecule has 0 aliphatic carbocycles. The highest BCUT2D eigenvalue weighted by Crippen LogP contribution is 2.18. The SMILES string of the molecule is CCCN(Cc1ccc(OC)cc1)C(=O)Cc1csc(C(C)=O)c1. The second-order valence-electron chi connectivity index (χ2n) is 5.72. The van der Waals surface area contributed by atoms with Gasteiger partial charge >= 0.3 is 0 Å². The monoisotopic (exact) mass is 345 g/mol. The molecule has 2 aromatic rings. The Hall–Kier alpha value is -2.14. The molecule has 1 aromatic carbocycles.